The highest BCUT2D eigenvalue weighted by atomic mass is 32.2. The van der Waals surface area contributed by atoms with E-state index in [1.165, 1.54) is 10.6 Å². The van der Waals surface area contributed by atoms with Crippen molar-refractivity contribution in [1.82, 2.24) is 0 Å². The molecule has 0 N–H and O–H groups in total. The molecule has 0 aliphatic carbocycles. The van der Waals surface area contributed by atoms with Crippen LogP contribution in [0.4, 0.5) is 0 Å². The fraction of sp³-hybridized carbons (Fsp3) is 0.250. The molecule has 29 heavy (non-hydrogen) atoms. The molecule has 0 aliphatic rings. The highest BCUT2D eigenvalue weighted by molar-refractivity contribution is 7.88. The fourth-order valence-corrected chi connectivity index (χ4v) is 7.24. The summed E-state index contributed by atoms with van der Waals surface area (Å²) in [6.45, 7) is 5.99. The highest BCUT2D eigenvalue weighted by Gasteiger charge is 2.32. The Morgan fingerprint density at radius 3 is 1.69 bits per heavy atom. The van der Waals surface area contributed by atoms with E-state index in [1.807, 2.05) is 69.3 Å². The SMILES string of the molecule is COc1ccc(S(=O)C(C)(C)C)c(P(c2ccccc2)c2ccccc2)c1OC. The maximum absolute atomic E-state index is 13.5. The Bertz CT molecular complexity index is 943. The van der Waals surface area contributed by atoms with Crippen LogP contribution in [0.25, 0.3) is 0 Å². The summed E-state index contributed by atoms with van der Waals surface area (Å²) in [5.74, 6) is 1.30. The zero-order valence-corrected chi connectivity index (χ0v) is 19.2. The third kappa shape index (κ3) is 4.55. The lowest BCUT2D eigenvalue weighted by molar-refractivity contribution is 0.356. The van der Waals surface area contributed by atoms with Gasteiger partial charge in [-0.2, -0.15) is 0 Å². The minimum absolute atomic E-state index is 0.400. The normalized spacial score (nSPS) is 12.6. The Balaban J connectivity index is 2.38. The van der Waals surface area contributed by atoms with Gasteiger partial charge in [0, 0.05) is 10.1 Å². The van der Waals surface area contributed by atoms with Gasteiger partial charge >= 0.3 is 0 Å². The molecular weight excluding hydrogens is 399 g/mol. The second-order valence-electron chi connectivity index (χ2n) is 7.54. The zero-order chi connectivity index (χ0) is 21.0. The number of hydrogen-bond acceptors (Lipinski definition) is 3. The van der Waals surface area contributed by atoms with E-state index >= 15 is 0 Å². The number of benzene rings is 3. The Kier molecular flexibility index (Phi) is 6.77. The predicted octanol–water partition coefficient (Wildman–Crippen LogP) is 4.37. The molecule has 0 radical (unpaired) electrons. The Morgan fingerprint density at radius 2 is 1.28 bits per heavy atom. The average Bonchev–Trinajstić information content (AvgIpc) is 2.74. The summed E-state index contributed by atoms with van der Waals surface area (Å²) in [6.07, 6.45) is 0. The minimum Gasteiger partial charge on any atom is -0.493 e. The Labute approximate surface area is 177 Å². The quantitative estimate of drug-likeness (QED) is 0.549. The van der Waals surface area contributed by atoms with Gasteiger partial charge in [-0.05, 0) is 51.4 Å². The third-order valence-electron chi connectivity index (χ3n) is 4.49. The van der Waals surface area contributed by atoms with Crippen molar-refractivity contribution in [3.8, 4) is 11.5 Å². The summed E-state index contributed by atoms with van der Waals surface area (Å²) in [6, 6.07) is 24.5. The molecule has 0 spiro atoms. The van der Waals surface area contributed by atoms with Crippen LogP contribution in [0.2, 0.25) is 0 Å². The lowest BCUT2D eigenvalue weighted by Gasteiger charge is -2.27. The summed E-state index contributed by atoms with van der Waals surface area (Å²) in [5, 5.41) is 3.30. The van der Waals surface area contributed by atoms with Gasteiger partial charge in [-0.15, -0.1) is 0 Å². The second-order valence-corrected chi connectivity index (χ2v) is 11.9. The van der Waals surface area contributed by atoms with Crippen molar-refractivity contribution in [2.75, 3.05) is 14.2 Å². The van der Waals surface area contributed by atoms with Crippen LogP contribution in [0.3, 0.4) is 0 Å². The van der Waals surface area contributed by atoms with Crippen LogP contribution in [0.1, 0.15) is 20.8 Å². The van der Waals surface area contributed by atoms with E-state index in [0.29, 0.717) is 11.5 Å². The first-order valence-corrected chi connectivity index (χ1v) is 11.9. The van der Waals surface area contributed by atoms with Crippen LogP contribution in [-0.4, -0.2) is 23.2 Å². The molecule has 5 heteroatoms. The van der Waals surface area contributed by atoms with Crippen molar-refractivity contribution >= 4 is 34.6 Å². The van der Waals surface area contributed by atoms with Gasteiger partial charge in [0.2, 0.25) is 0 Å². The molecule has 0 heterocycles. The average molecular weight is 427 g/mol. The molecule has 0 saturated carbocycles. The number of rotatable bonds is 6. The summed E-state index contributed by atoms with van der Waals surface area (Å²) in [7, 11) is 1.07. The van der Waals surface area contributed by atoms with Gasteiger partial charge in [-0.1, -0.05) is 60.7 Å². The van der Waals surface area contributed by atoms with Crippen molar-refractivity contribution in [1.29, 1.82) is 0 Å². The molecule has 0 aromatic heterocycles. The van der Waals surface area contributed by atoms with E-state index in [-0.39, 0.29) is 0 Å². The van der Waals surface area contributed by atoms with Crippen molar-refractivity contribution < 1.29 is 13.7 Å². The summed E-state index contributed by atoms with van der Waals surface area (Å²) in [5.41, 5.74) is 0. The van der Waals surface area contributed by atoms with Crippen LogP contribution >= 0.6 is 7.92 Å². The first-order valence-electron chi connectivity index (χ1n) is 9.45. The monoisotopic (exact) mass is 426 g/mol. The first-order chi connectivity index (χ1) is 13.9. The van der Waals surface area contributed by atoms with Gasteiger partial charge in [0.05, 0.1) is 29.9 Å². The molecule has 1 unspecified atom stereocenters. The number of hydrogen-bond donors (Lipinski definition) is 0. The van der Waals surface area contributed by atoms with E-state index < -0.39 is 23.5 Å². The van der Waals surface area contributed by atoms with E-state index in [1.54, 1.807) is 14.2 Å². The molecule has 0 amide bonds. The minimum atomic E-state index is -1.22. The maximum Gasteiger partial charge on any atom is 0.170 e. The van der Waals surface area contributed by atoms with Gasteiger partial charge in [0.1, 0.15) is 0 Å². The van der Waals surface area contributed by atoms with Gasteiger partial charge in [0.15, 0.2) is 11.5 Å². The third-order valence-corrected chi connectivity index (χ3v) is 9.01. The van der Waals surface area contributed by atoms with E-state index in [9.17, 15) is 4.21 Å². The molecule has 152 valence electrons. The van der Waals surface area contributed by atoms with Crippen LogP contribution in [0.15, 0.2) is 77.7 Å². The summed E-state index contributed by atoms with van der Waals surface area (Å²) < 4.78 is 24.6. The smallest absolute Gasteiger partial charge is 0.170 e. The van der Waals surface area contributed by atoms with Gasteiger partial charge in [-0.25, -0.2) is 0 Å². The number of methoxy groups -OCH3 is 2. The molecule has 1 atom stereocenters. The fourth-order valence-electron chi connectivity index (χ4n) is 3.15. The van der Waals surface area contributed by atoms with Gasteiger partial charge in [0.25, 0.3) is 0 Å². The standard InChI is InChI=1S/C24H27O3PS/c1-24(2,3)29(25)21-17-16-20(26-4)22(27-5)23(21)28(18-12-8-6-9-13-18)19-14-10-7-11-15-19/h6-17H,1-5H3. The molecule has 3 aromatic rings. The van der Waals surface area contributed by atoms with Crippen molar-refractivity contribution in [2.24, 2.45) is 0 Å². The lowest BCUT2D eigenvalue weighted by Crippen LogP contribution is -2.30. The number of ether oxygens (including phenoxy) is 2. The van der Waals surface area contributed by atoms with Gasteiger partial charge in [-0.3, -0.25) is 4.21 Å². The van der Waals surface area contributed by atoms with E-state index in [4.69, 9.17) is 9.47 Å². The Hall–Kier alpha value is -2.16. The maximum atomic E-state index is 13.5. The summed E-state index contributed by atoms with van der Waals surface area (Å²) >= 11 is 0. The largest absolute Gasteiger partial charge is 0.493 e. The van der Waals surface area contributed by atoms with E-state index in [2.05, 4.69) is 24.3 Å². The van der Waals surface area contributed by atoms with Crippen molar-refractivity contribution in [2.45, 2.75) is 30.4 Å². The highest BCUT2D eigenvalue weighted by Crippen LogP contribution is 2.43. The molecule has 0 aliphatic heterocycles. The summed E-state index contributed by atoms with van der Waals surface area (Å²) in [4.78, 5) is 0.800. The first kappa shape index (κ1) is 21.5. The van der Waals surface area contributed by atoms with Gasteiger partial charge < -0.3 is 9.47 Å². The zero-order valence-electron chi connectivity index (χ0n) is 17.5. The topological polar surface area (TPSA) is 35.5 Å². The molecule has 0 fully saturated rings. The second kappa shape index (κ2) is 9.11. The molecule has 3 rings (SSSR count). The molecule has 0 saturated heterocycles. The van der Waals surface area contributed by atoms with Crippen LogP contribution in [0.5, 0.6) is 11.5 Å². The molecule has 3 aromatic carbocycles. The molecular formula is C24H27O3PS. The molecule has 3 nitrogen and oxygen atoms in total. The van der Waals surface area contributed by atoms with Crippen molar-refractivity contribution in [3.05, 3.63) is 72.8 Å². The van der Waals surface area contributed by atoms with Crippen LogP contribution in [-0.2, 0) is 10.8 Å². The lowest BCUT2D eigenvalue weighted by atomic mass is 10.3. The molecule has 0 bridgehead atoms. The Morgan fingerprint density at radius 1 is 0.759 bits per heavy atom. The predicted molar refractivity (Wildman–Crippen MR) is 124 cm³/mol. The van der Waals surface area contributed by atoms with Crippen LogP contribution in [0, 0.1) is 0 Å². The van der Waals surface area contributed by atoms with Crippen molar-refractivity contribution in [3.63, 3.8) is 0 Å². The van der Waals surface area contributed by atoms with Crippen LogP contribution < -0.4 is 25.4 Å². The van der Waals surface area contributed by atoms with E-state index in [0.717, 1.165) is 10.2 Å².